The molecule has 1 aromatic heterocycles. The summed E-state index contributed by atoms with van der Waals surface area (Å²) in [6, 6.07) is 13.7. The molecule has 0 aliphatic carbocycles. The largest absolute Gasteiger partial charge is 0.497 e. The van der Waals surface area contributed by atoms with Crippen LogP contribution < -0.4 is 19.0 Å². The summed E-state index contributed by atoms with van der Waals surface area (Å²) in [5, 5.41) is 2.12. The number of benzene rings is 2. The Hall–Kier alpha value is -2.77. The highest BCUT2D eigenvalue weighted by molar-refractivity contribution is 7.07. The van der Waals surface area contributed by atoms with Crippen LogP contribution in [0.3, 0.4) is 0 Å². The molecule has 1 aliphatic rings. The van der Waals surface area contributed by atoms with Crippen LogP contribution in [0.5, 0.6) is 17.2 Å². The molecule has 0 spiro atoms. The van der Waals surface area contributed by atoms with E-state index in [2.05, 4.69) is 9.95 Å². The lowest BCUT2D eigenvalue weighted by molar-refractivity contribution is 0.0968. The number of methoxy groups -OCH3 is 3. The Morgan fingerprint density at radius 2 is 1.90 bits per heavy atom. The van der Waals surface area contributed by atoms with E-state index in [0.717, 1.165) is 65.0 Å². The van der Waals surface area contributed by atoms with Crippen molar-refractivity contribution in [1.82, 2.24) is 4.57 Å². The van der Waals surface area contributed by atoms with E-state index in [1.165, 1.54) is 0 Å². The molecule has 1 atom stereocenters. The van der Waals surface area contributed by atoms with Crippen LogP contribution in [-0.2, 0) is 11.3 Å². The van der Waals surface area contributed by atoms with Crippen LogP contribution in [-0.4, -0.2) is 38.6 Å². The molecular formula is C23H26N2O4S. The van der Waals surface area contributed by atoms with Crippen molar-refractivity contribution in [3.8, 4) is 28.5 Å². The predicted octanol–water partition coefficient (Wildman–Crippen LogP) is 4.65. The predicted molar refractivity (Wildman–Crippen MR) is 118 cm³/mol. The van der Waals surface area contributed by atoms with Gasteiger partial charge in [0.15, 0.2) is 4.80 Å². The molecule has 1 unspecified atom stereocenters. The Kier molecular flexibility index (Phi) is 6.40. The van der Waals surface area contributed by atoms with Crippen molar-refractivity contribution in [2.75, 3.05) is 27.9 Å². The lowest BCUT2D eigenvalue weighted by atomic mass is 10.1. The molecule has 30 heavy (non-hydrogen) atoms. The van der Waals surface area contributed by atoms with E-state index in [9.17, 15) is 0 Å². The van der Waals surface area contributed by atoms with E-state index >= 15 is 0 Å². The van der Waals surface area contributed by atoms with Gasteiger partial charge in [0.25, 0.3) is 0 Å². The molecule has 2 heterocycles. The molecule has 0 radical (unpaired) electrons. The SMILES string of the molecule is COc1cccc(N=c2scc(-c3ccc(OC)cc3OC)n2CC2CCCO2)c1. The van der Waals surface area contributed by atoms with Gasteiger partial charge in [-0.15, -0.1) is 11.3 Å². The number of hydrogen-bond acceptors (Lipinski definition) is 6. The van der Waals surface area contributed by atoms with Gasteiger partial charge < -0.3 is 23.5 Å². The zero-order valence-corrected chi connectivity index (χ0v) is 18.3. The maximum absolute atomic E-state index is 5.92. The maximum atomic E-state index is 5.92. The van der Waals surface area contributed by atoms with E-state index in [0.29, 0.717) is 0 Å². The van der Waals surface area contributed by atoms with Crippen LogP contribution in [0.1, 0.15) is 12.8 Å². The fourth-order valence-corrected chi connectivity index (χ4v) is 4.53. The van der Waals surface area contributed by atoms with Crippen molar-refractivity contribution in [3.63, 3.8) is 0 Å². The molecule has 0 saturated carbocycles. The van der Waals surface area contributed by atoms with Crippen molar-refractivity contribution < 1.29 is 18.9 Å². The molecule has 1 saturated heterocycles. The Balaban J connectivity index is 1.82. The number of nitrogens with zero attached hydrogens (tertiary/aromatic N) is 2. The zero-order valence-electron chi connectivity index (χ0n) is 17.5. The number of aromatic nitrogens is 1. The molecule has 0 bridgehead atoms. The minimum absolute atomic E-state index is 0.187. The van der Waals surface area contributed by atoms with Crippen LogP contribution in [0, 0.1) is 0 Å². The summed E-state index contributed by atoms with van der Waals surface area (Å²) in [7, 11) is 4.99. The summed E-state index contributed by atoms with van der Waals surface area (Å²) in [5.41, 5.74) is 2.90. The van der Waals surface area contributed by atoms with Gasteiger partial charge in [-0.1, -0.05) is 6.07 Å². The second kappa shape index (κ2) is 9.36. The molecule has 158 valence electrons. The van der Waals surface area contributed by atoms with Gasteiger partial charge in [-0.05, 0) is 37.1 Å². The van der Waals surface area contributed by atoms with E-state index in [4.69, 9.17) is 23.9 Å². The topological polar surface area (TPSA) is 54.2 Å². The Morgan fingerprint density at radius 1 is 1.07 bits per heavy atom. The van der Waals surface area contributed by atoms with Crippen LogP contribution in [0.2, 0.25) is 0 Å². The van der Waals surface area contributed by atoms with Crippen LogP contribution in [0.4, 0.5) is 5.69 Å². The third kappa shape index (κ3) is 4.37. The molecule has 0 N–H and O–H groups in total. The highest BCUT2D eigenvalue weighted by Crippen LogP contribution is 2.34. The summed E-state index contributed by atoms with van der Waals surface area (Å²) < 4.78 is 24.5. The van der Waals surface area contributed by atoms with E-state index < -0.39 is 0 Å². The highest BCUT2D eigenvalue weighted by Gasteiger charge is 2.20. The second-order valence-electron chi connectivity index (χ2n) is 7.03. The molecule has 1 aliphatic heterocycles. The van der Waals surface area contributed by atoms with Crippen molar-refractivity contribution in [3.05, 3.63) is 52.6 Å². The monoisotopic (exact) mass is 426 g/mol. The first-order valence-corrected chi connectivity index (χ1v) is 10.8. The number of ether oxygens (including phenoxy) is 4. The van der Waals surface area contributed by atoms with Gasteiger partial charge in [0.1, 0.15) is 17.2 Å². The second-order valence-corrected chi connectivity index (χ2v) is 7.87. The minimum atomic E-state index is 0.187. The van der Waals surface area contributed by atoms with Gasteiger partial charge in [-0.3, -0.25) is 0 Å². The summed E-state index contributed by atoms with van der Waals surface area (Å²) in [6.07, 6.45) is 2.34. The van der Waals surface area contributed by atoms with Gasteiger partial charge in [-0.25, -0.2) is 4.99 Å². The van der Waals surface area contributed by atoms with Gasteiger partial charge in [0.05, 0.1) is 45.4 Å². The minimum Gasteiger partial charge on any atom is -0.497 e. The highest BCUT2D eigenvalue weighted by atomic mass is 32.1. The molecule has 0 amide bonds. The maximum Gasteiger partial charge on any atom is 0.190 e. The fourth-order valence-electron chi connectivity index (χ4n) is 3.60. The van der Waals surface area contributed by atoms with Crippen molar-refractivity contribution in [2.45, 2.75) is 25.5 Å². The molecule has 2 aromatic carbocycles. The van der Waals surface area contributed by atoms with Gasteiger partial charge in [-0.2, -0.15) is 0 Å². The van der Waals surface area contributed by atoms with Crippen LogP contribution >= 0.6 is 11.3 Å². The van der Waals surface area contributed by atoms with E-state index in [1.807, 2.05) is 42.5 Å². The van der Waals surface area contributed by atoms with E-state index in [-0.39, 0.29) is 6.10 Å². The van der Waals surface area contributed by atoms with Crippen molar-refractivity contribution >= 4 is 17.0 Å². The average Bonchev–Trinajstić information content (AvgIpc) is 3.44. The van der Waals surface area contributed by atoms with Gasteiger partial charge in [0.2, 0.25) is 0 Å². The first-order chi connectivity index (χ1) is 14.7. The zero-order chi connectivity index (χ0) is 20.9. The van der Waals surface area contributed by atoms with Crippen molar-refractivity contribution in [2.24, 2.45) is 4.99 Å². The van der Waals surface area contributed by atoms with Crippen molar-refractivity contribution in [1.29, 1.82) is 0 Å². The Labute approximate surface area is 180 Å². The summed E-state index contributed by atoms with van der Waals surface area (Å²) in [5.74, 6) is 2.31. The Morgan fingerprint density at radius 3 is 2.63 bits per heavy atom. The van der Waals surface area contributed by atoms with E-state index in [1.54, 1.807) is 32.7 Å². The molecule has 3 aromatic rings. The summed E-state index contributed by atoms with van der Waals surface area (Å²) in [4.78, 5) is 5.82. The standard InChI is InChI=1S/C23H26N2O4S/c1-26-17-7-4-6-16(12-17)24-23-25(14-19-8-5-11-29-19)21(15-30-23)20-10-9-18(27-2)13-22(20)28-3/h4,6-7,9-10,12-13,15,19H,5,8,11,14H2,1-3H3. The first-order valence-electron chi connectivity index (χ1n) is 9.93. The average molecular weight is 427 g/mol. The first kappa shape index (κ1) is 20.5. The third-order valence-corrected chi connectivity index (χ3v) is 6.03. The molecular weight excluding hydrogens is 400 g/mol. The number of thiazole rings is 1. The van der Waals surface area contributed by atoms with Crippen LogP contribution in [0.25, 0.3) is 11.3 Å². The van der Waals surface area contributed by atoms with Crippen LogP contribution in [0.15, 0.2) is 52.8 Å². The lowest BCUT2D eigenvalue weighted by Crippen LogP contribution is -2.24. The summed E-state index contributed by atoms with van der Waals surface area (Å²) >= 11 is 1.60. The Bertz CT molecular complexity index is 1070. The molecule has 4 rings (SSSR count). The fraction of sp³-hybridized carbons (Fsp3) is 0.348. The quantitative estimate of drug-likeness (QED) is 0.552. The summed E-state index contributed by atoms with van der Waals surface area (Å²) in [6.45, 7) is 1.57. The van der Waals surface area contributed by atoms with Gasteiger partial charge >= 0.3 is 0 Å². The van der Waals surface area contributed by atoms with Gasteiger partial charge in [0, 0.05) is 29.7 Å². The third-order valence-electron chi connectivity index (χ3n) is 5.17. The normalized spacial score (nSPS) is 16.6. The molecule has 6 nitrogen and oxygen atoms in total. The molecule has 1 fully saturated rings. The number of hydrogen-bond donors (Lipinski definition) is 0. The number of rotatable bonds is 7. The smallest absolute Gasteiger partial charge is 0.190 e. The lowest BCUT2D eigenvalue weighted by Gasteiger charge is -2.16. The molecule has 7 heteroatoms.